The molecule has 1 spiro atoms. The van der Waals surface area contributed by atoms with Crippen molar-refractivity contribution in [2.45, 2.75) is 42.5 Å². The number of nitrogens with two attached hydrogens (primary N) is 1. The molecule has 2 aliphatic rings. The van der Waals surface area contributed by atoms with Crippen LogP contribution in [0.15, 0.2) is 23.1 Å². The van der Waals surface area contributed by atoms with Gasteiger partial charge in [0.25, 0.3) is 0 Å². The molecule has 1 aliphatic carbocycles. The second kappa shape index (κ2) is 5.31. The fourth-order valence-electron chi connectivity index (χ4n) is 2.69. The molecule has 1 heterocycles. The zero-order valence-electron chi connectivity index (χ0n) is 10.7. The number of nitrogen functional groups attached to an aromatic ring is 1. The number of rotatable bonds is 3. The predicted molar refractivity (Wildman–Crippen MR) is 73.6 cm³/mol. The van der Waals surface area contributed by atoms with Crippen molar-refractivity contribution in [3.8, 4) is 0 Å². The lowest BCUT2D eigenvalue weighted by Gasteiger charge is -2.21. The summed E-state index contributed by atoms with van der Waals surface area (Å²) in [7, 11) is 0. The van der Waals surface area contributed by atoms with Crippen molar-refractivity contribution in [3.05, 3.63) is 24.0 Å². The Labute approximate surface area is 116 Å². The Bertz CT molecular complexity index is 463. The SMILES string of the molecule is Nc1ccc(SCC2COC3(CCCC3)O2)c(F)c1. The van der Waals surface area contributed by atoms with Gasteiger partial charge in [-0.1, -0.05) is 0 Å². The minimum atomic E-state index is -0.328. The van der Waals surface area contributed by atoms with Crippen LogP contribution in [0.3, 0.4) is 0 Å². The van der Waals surface area contributed by atoms with Gasteiger partial charge in [-0.3, -0.25) is 0 Å². The van der Waals surface area contributed by atoms with E-state index in [0.717, 1.165) is 12.8 Å². The minimum Gasteiger partial charge on any atom is -0.399 e. The molecule has 1 unspecified atom stereocenters. The summed E-state index contributed by atoms with van der Waals surface area (Å²) in [6.45, 7) is 0.615. The molecule has 1 aromatic rings. The molecule has 1 atom stereocenters. The lowest BCUT2D eigenvalue weighted by Crippen LogP contribution is -2.27. The van der Waals surface area contributed by atoms with Gasteiger partial charge in [-0.15, -0.1) is 11.8 Å². The summed E-state index contributed by atoms with van der Waals surface area (Å²) in [6.07, 6.45) is 4.38. The Morgan fingerprint density at radius 3 is 2.89 bits per heavy atom. The highest BCUT2D eigenvalue weighted by atomic mass is 32.2. The lowest BCUT2D eigenvalue weighted by atomic mass is 10.2. The van der Waals surface area contributed by atoms with Crippen LogP contribution < -0.4 is 5.73 Å². The number of benzene rings is 1. The lowest BCUT2D eigenvalue weighted by molar-refractivity contribution is -0.159. The number of hydrogen-bond acceptors (Lipinski definition) is 4. The van der Waals surface area contributed by atoms with Crippen molar-refractivity contribution in [1.82, 2.24) is 0 Å². The fourth-order valence-corrected chi connectivity index (χ4v) is 3.58. The average molecular weight is 283 g/mol. The molecule has 5 heteroatoms. The van der Waals surface area contributed by atoms with Crippen molar-refractivity contribution < 1.29 is 13.9 Å². The van der Waals surface area contributed by atoms with Gasteiger partial charge >= 0.3 is 0 Å². The second-order valence-corrected chi connectivity index (χ2v) is 6.23. The molecule has 0 amide bonds. The molecule has 0 bridgehead atoms. The topological polar surface area (TPSA) is 44.5 Å². The highest BCUT2D eigenvalue weighted by molar-refractivity contribution is 7.99. The molecule has 0 aromatic heterocycles. The molecule has 3 rings (SSSR count). The summed E-state index contributed by atoms with van der Waals surface area (Å²) in [4.78, 5) is 0.616. The zero-order chi connectivity index (χ0) is 13.3. The number of thioether (sulfide) groups is 1. The second-order valence-electron chi connectivity index (χ2n) is 5.17. The monoisotopic (exact) mass is 283 g/mol. The highest BCUT2D eigenvalue weighted by Gasteiger charge is 2.43. The summed E-state index contributed by atoms with van der Waals surface area (Å²) in [5.74, 6) is 0.118. The van der Waals surface area contributed by atoms with E-state index in [1.54, 1.807) is 12.1 Å². The molecule has 19 heavy (non-hydrogen) atoms. The first-order valence-corrected chi connectivity index (χ1v) is 7.65. The third-order valence-electron chi connectivity index (χ3n) is 3.66. The molecule has 104 valence electrons. The van der Waals surface area contributed by atoms with Gasteiger partial charge in [0.15, 0.2) is 5.79 Å². The van der Waals surface area contributed by atoms with Crippen LogP contribution >= 0.6 is 11.8 Å². The van der Waals surface area contributed by atoms with Gasteiger partial charge in [0.1, 0.15) is 5.82 Å². The van der Waals surface area contributed by atoms with Crippen LogP contribution in [0, 0.1) is 5.82 Å². The molecule has 3 nitrogen and oxygen atoms in total. The largest absolute Gasteiger partial charge is 0.399 e. The van der Waals surface area contributed by atoms with Crippen molar-refractivity contribution in [2.24, 2.45) is 0 Å². The van der Waals surface area contributed by atoms with E-state index in [2.05, 4.69) is 0 Å². The quantitative estimate of drug-likeness (QED) is 0.683. The van der Waals surface area contributed by atoms with E-state index < -0.39 is 0 Å². The summed E-state index contributed by atoms with van der Waals surface area (Å²) < 4.78 is 25.5. The van der Waals surface area contributed by atoms with Crippen LogP contribution in [0.1, 0.15) is 25.7 Å². The molecular weight excluding hydrogens is 265 g/mol. The van der Waals surface area contributed by atoms with Gasteiger partial charge in [0, 0.05) is 29.2 Å². The van der Waals surface area contributed by atoms with Crippen molar-refractivity contribution in [3.63, 3.8) is 0 Å². The maximum atomic E-state index is 13.6. The Hall–Kier alpha value is -0.780. The Morgan fingerprint density at radius 1 is 1.37 bits per heavy atom. The highest BCUT2D eigenvalue weighted by Crippen LogP contribution is 2.40. The van der Waals surface area contributed by atoms with Gasteiger partial charge in [-0.2, -0.15) is 0 Å². The summed E-state index contributed by atoms with van der Waals surface area (Å²) in [5.41, 5.74) is 5.98. The molecule has 0 radical (unpaired) electrons. The Balaban J connectivity index is 1.55. The van der Waals surface area contributed by atoms with Crippen molar-refractivity contribution in [2.75, 3.05) is 18.1 Å². The predicted octanol–water partition coefficient (Wildman–Crippen LogP) is 3.19. The van der Waals surface area contributed by atoms with Gasteiger partial charge in [0.2, 0.25) is 0 Å². The number of hydrogen-bond donors (Lipinski definition) is 1. The molecule has 1 aromatic carbocycles. The van der Waals surface area contributed by atoms with E-state index in [-0.39, 0.29) is 17.7 Å². The zero-order valence-corrected chi connectivity index (χ0v) is 11.5. The van der Waals surface area contributed by atoms with Crippen LogP contribution in [0.4, 0.5) is 10.1 Å². The van der Waals surface area contributed by atoms with Gasteiger partial charge < -0.3 is 15.2 Å². The molecular formula is C14H18FNO2S. The van der Waals surface area contributed by atoms with Crippen LogP contribution in [-0.4, -0.2) is 24.3 Å². The van der Waals surface area contributed by atoms with E-state index in [4.69, 9.17) is 15.2 Å². The number of halogens is 1. The fraction of sp³-hybridized carbons (Fsp3) is 0.571. The number of ether oxygens (including phenoxy) is 2. The van der Waals surface area contributed by atoms with E-state index in [0.29, 0.717) is 22.9 Å². The molecule has 1 saturated heterocycles. The summed E-state index contributed by atoms with van der Waals surface area (Å²) >= 11 is 1.46. The van der Waals surface area contributed by atoms with E-state index in [1.807, 2.05) is 0 Å². The van der Waals surface area contributed by atoms with E-state index in [9.17, 15) is 4.39 Å². The summed E-state index contributed by atoms with van der Waals surface area (Å²) in [5, 5.41) is 0. The Morgan fingerprint density at radius 2 is 2.16 bits per heavy atom. The normalized spacial score (nSPS) is 25.2. The van der Waals surface area contributed by atoms with Gasteiger partial charge in [0.05, 0.1) is 12.7 Å². The molecule has 1 aliphatic heterocycles. The first-order valence-electron chi connectivity index (χ1n) is 6.66. The van der Waals surface area contributed by atoms with Crippen molar-refractivity contribution >= 4 is 17.4 Å². The molecule has 1 saturated carbocycles. The first kappa shape index (κ1) is 13.2. The van der Waals surface area contributed by atoms with Gasteiger partial charge in [-0.25, -0.2) is 4.39 Å². The smallest absolute Gasteiger partial charge is 0.168 e. The average Bonchev–Trinajstić information content (AvgIpc) is 2.99. The van der Waals surface area contributed by atoms with E-state index >= 15 is 0 Å². The minimum absolute atomic E-state index is 0.0556. The third-order valence-corrected chi connectivity index (χ3v) is 4.84. The van der Waals surface area contributed by atoms with E-state index in [1.165, 1.54) is 30.7 Å². The van der Waals surface area contributed by atoms with Crippen LogP contribution in [0.25, 0.3) is 0 Å². The van der Waals surface area contributed by atoms with Crippen LogP contribution in [0.2, 0.25) is 0 Å². The molecule has 2 N–H and O–H groups in total. The van der Waals surface area contributed by atoms with Crippen molar-refractivity contribution in [1.29, 1.82) is 0 Å². The van der Waals surface area contributed by atoms with Crippen LogP contribution in [0.5, 0.6) is 0 Å². The maximum Gasteiger partial charge on any atom is 0.168 e. The van der Waals surface area contributed by atoms with Crippen LogP contribution in [-0.2, 0) is 9.47 Å². The third kappa shape index (κ3) is 2.88. The van der Waals surface area contributed by atoms with Gasteiger partial charge in [-0.05, 0) is 31.0 Å². The standard InChI is InChI=1S/C14H18FNO2S/c15-12-7-10(16)3-4-13(12)19-9-11-8-17-14(18-11)5-1-2-6-14/h3-4,7,11H,1-2,5-6,8-9,16H2. The molecule has 2 fully saturated rings. The maximum absolute atomic E-state index is 13.6. The Kier molecular flexibility index (Phi) is 3.69. The number of anilines is 1. The first-order chi connectivity index (χ1) is 9.17. The summed E-state index contributed by atoms with van der Waals surface area (Å²) in [6, 6.07) is 4.79.